The molecule has 0 aliphatic carbocycles. The fraction of sp³-hybridized carbons (Fsp3) is 0.263. The van der Waals surface area contributed by atoms with Crippen molar-refractivity contribution in [2.24, 2.45) is 0 Å². The Balaban J connectivity index is 1.67. The van der Waals surface area contributed by atoms with Crippen LogP contribution in [0, 0.1) is 0 Å². The van der Waals surface area contributed by atoms with E-state index in [1.165, 1.54) is 7.05 Å². The van der Waals surface area contributed by atoms with Crippen LogP contribution in [0.5, 0.6) is 0 Å². The van der Waals surface area contributed by atoms with Gasteiger partial charge in [0.1, 0.15) is 5.82 Å². The Morgan fingerprint density at radius 2 is 1.70 bits per heavy atom. The smallest absolute Gasteiger partial charge is 0.240 e. The average molecular weight is 384 g/mol. The maximum Gasteiger partial charge on any atom is 0.240 e. The molecule has 0 spiro atoms. The van der Waals surface area contributed by atoms with Crippen molar-refractivity contribution in [2.75, 3.05) is 38.3 Å². The highest BCUT2D eigenvalue weighted by molar-refractivity contribution is 7.89. The fourth-order valence-corrected chi connectivity index (χ4v) is 3.80. The van der Waals surface area contributed by atoms with E-state index in [4.69, 9.17) is 9.72 Å². The molecule has 1 fully saturated rings. The van der Waals surface area contributed by atoms with Gasteiger partial charge in [0.25, 0.3) is 0 Å². The first-order valence-electron chi connectivity index (χ1n) is 8.70. The first-order chi connectivity index (χ1) is 13.1. The van der Waals surface area contributed by atoms with Gasteiger partial charge in [0.05, 0.1) is 35.3 Å². The molecule has 0 saturated carbocycles. The summed E-state index contributed by atoms with van der Waals surface area (Å²) in [4.78, 5) is 11.7. The van der Waals surface area contributed by atoms with Crippen molar-refractivity contribution >= 4 is 26.9 Å². The van der Waals surface area contributed by atoms with E-state index >= 15 is 0 Å². The van der Waals surface area contributed by atoms with Gasteiger partial charge in [-0.1, -0.05) is 18.2 Å². The van der Waals surface area contributed by atoms with Gasteiger partial charge in [0.2, 0.25) is 10.0 Å². The monoisotopic (exact) mass is 384 g/mol. The van der Waals surface area contributed by atoms with Gasteiger partial charge < -0.3 is 9.64 Å². The first kappa shape index (κ1) is 17.8. The van der Waals surface area contributed by atoms with Crippen molar-refractivity contribution < 1.29 is 13.2 Å². The Morgan fingerprint density at radius 1 is 1.00 bits per heavy atom. The van der Waals surface area contributed by atoms with Crippen LogP contribution in [0.25, 0.3) is 22.2 Å². The molecule has 140 valence electrons. The quantitative estimate of drug-likeness (QED) is 0.741. The van der Waals surface area contributed by atoms with E-state index in [1.54, 1.807) is 30.5 Å². The van der Waals surface area contributed by atoms with Crippen molar-refractivity contribution in [2.45, 2.75) is 4.90 Å². The molecule has 1 N–H and O–H groups in total. The Kier molecular flexibility index (Phi) is 4.77. The number of hydrogen-bond acceptors (Lipinski definition) is 6. The molecule has 0 unspecified atom stereocenters. The van der Waals surface area contributed by atoms with Crippen molar-refractivity contribution in [1.29, 1.82) is 0 Å². The number of nitrogens with zero attached hydrogens (tertiary/aromatic N) is 3. The van der Waals surface area contributed by atoms with E-state index in [2.05, 4.69) is 14.6 Å². The molecule has 4 rings (SSSR count). The molecule has 2 aromatic carbocycles. The number of rotatable bonds is 4. The molecular formula is C19H20N4O3S. The normalized spacial score (nSPS) is 15.2. The second-order valence-corrected chi connectivity index (χ2v) is 8.15. The summed E-state index contributed by atoms with van der Waals surface area (Å²) in [5.41, 5.74) is 3.52. The second kappa shape index (κ2) is 7.22. The third-order valence-corrected chi connectivity index (χ3v) is 6.06. The van der Waals surface area contributed by atoms with Gasteiger partial charge in [-0.3, -0.25) is 4.98 Å². The molecule has 7 nitrogen and oxygen atoms in total. The van der Waals surface area contributed by atoms with Crippen molar-refractivity contribution in [3.63, 3.8) is 0 Å². The molecule has 1 aliphatic heterocycles. The van der Waals surface area contributed by atoms with Gasteiger partial charge >= 0.3 is 0 Å². The van der Waals surface area contributed by atoms with Crippen LogP contribution in [0.1, 0.15) is 0 Å². The first-order valence-corrected chi connectivity index (χ1v) is 10.2. The highest BCUT2D eigenvalue weighted by Crippen LogP contribution is 2.25. The largest absolute Gasteiger partial charge is 0.378 e. The van der Waals surface area contributed by atoms with Crippen LogP contribution in [0.2, 0.25) is 0 Å². The zero-order valence-corrected chi connectivity index (χ0v) is 15.7. The maximum atomic E-state index is 11.9. The molecule has 2 heterocycles. The van der Waals surface area contributed by atoms with Crippen molar-refractivity contribution in [3.8, 4) is 11.1 Å². The summed E-state index contributed by atoms with van der Waals surface area (Å²) in [5.74, 6) is 0.846. The molecule has 8 heteroatoms. The van der Waals surface area contributed by atoms with E-state index in [-0.39, 0.29) is 4.90 Å². The molecule has 0 radical (unpaired) electrons. The van der Waals surface area contributed by atoms with Crippen molar-refractivity contribution in [3.05, 3.63) is 48.7 Å². The summed E-state index contributed by atoms with van der Waals surface area (Å²) in [6, 6.07) is 12.7. The molecule has 3 aromatic rings. The second-order valence-electron chi connectivity index (χ2n) is 6.26. The number of sulfonamides is 1. The minimum Gasteiger partial charge on any atom is -0.378 e. The molecule has 27 heavy (non-hydrogen) atoms. The van der Waals surface area contributed by atoms with Gasteiger partial charge in [-0.25, -0.2) is 18.1 Å². The summed E-state index contributed by atoms with van der Waals surface area (Å²) in [5, 5.41) is 0. The number of anilines is 1. The van der Waals surface area contributed by atoms with E-state index in [0.717, 1.165) is 41.1 Å². The lowest BCUT2D eigenvalue weighted by Crippen LogP contribution is -2.36. The standard InChI is InChI=1S/C19H20N4O3S/c1-20-27(24,25)16-5-2-14(3-6-16)15-4-7-17-18(12-15)22-19(13-21-17)23-8-10-26-11-9-23/h2-7,12-13,20H,8-11H2,1H3. The van der Waals surface area contributed by atoms with Gasteiger partial charge in [-0.2, -0.15) is 0 Å². The van der Waals surface area contributed by atoms with Crippen LogP contribution in [-0.2, 0) is 14.8 Å². The summed E-state index contributed by atoms with van der Waals surface area (Å²) in [6.45, 7) is 3.01. The zero-order valence-electron chi connectivity index (χ0n) is 14.9. The third kappa shape index (κ3) is 3.64. The molecule has 0 bridgehead atoms. The molecule has 0 amide bonds. The van der Waals surface area contributed by atoms with Crippen molar-refractivity contribution in [1.82, 2.24) is 14.7 Å². The molecule has 0 atom stereocenters. The number of hydrogen-bond donors (Lipinski definition) is 1. The van der Waals surface area contributed by atoms with Gasteiger partial charge in [-0.15, -0.1) is 0 Å². The van der Waals surface area contributed by atoms with E-state index < -0.39 is 10.0 Å². The van der Waals surface area contributed by atoms with Crippen LogP contribution >= 0.6 is 0 Å². The molecular weight excluding hydrogens is 364 g/mol. The molecule has 1 aromatic heterocycles. The third-order valence-electron chi connectivity index (χ3n) is 4.63. The minimum absolute atomic E-state index is 0.240. The van der Waals surface area contributed by atoms with Gasteiger partial charge in [0, 0.05) is 13.1 Å². The number of morpholine rings is 1. The average Bonchev–Trinajstić information content (AvgIpc) is 2.73. The fourth-order valence-electron chi connectivity index (χ4n) is 3.07. The van der Waals surface area contributed by atoms with Crippen LogP contribution in [-0.4, -0.2) is 51.7 Å². The van der Waals surface area contributed by atoms with Crippen LogP contribution in [0.3, 0.4) is 0 Å². The highest BCUT2D eigenvalue weighted by atomic mass is 32.2. The lowest BCUT2D eigenvalue weighted by atomic mass is 10.1. The summed E-state index contributed by atoms with van der Waals surface area (Å²) < 4.78 is 31.4. The zero-order chi connectivity index (χ0) is 18.9. The predicted molar refractivity (Wildman–Crippen MR) is 104 cm³/mol. The Hall–Kier alpha value is -2.55. The maximum absolute atomic E-state index is 11.9. The number of nitrogens with one attached hydrogen (secondary N) is 1. The Morgan fingerprint density at radius 3 is 2.41 bits per heavy atom. The topological polar surface area (TPSA) is 84.4 Å². The van der Waals surface area contributed by atoms with E-state index in [0.29, 0.717) is 13.2 Å². The number of aromatic nitrogens is 2. The SMILES string of the molecule is CNS(=O)(=O)c1ccc(-c2ccc3ncc(N4CCOCC4)nc3c2)cc1. The number of ether oxygens (including phenoxy) is 1. The van der Waals surface area contributed by atoms with Gasteiger partial charge in [0.15, 0.2) is 0 Å². The summed E-state index contributed by atoms with van der Waals surface area (Å²) in [6.07, 6.45) is 1.80. The molecule has 1 saturated heterocycles. The predicted octanol–water partition coefficient (Wildman–Crippen LogP) is 2.04. The highest BCUT2D eigenvalue weighted by Gasteiger charge is 2.14. The summed E-state index contributed by atoms with van der Waals surface area (Å²) in [7, 11) is -2.04. The van der Waals surface area contributed by atoms with E-state index in [9.17, 15) is 8.42 Å². The summed E-state index contributed by atoms with van der Waals surface area (Å²) >= 11 is 0. The van der Waals surface area contributed by atoms with Gasteiger partial charge in [-0.05, 0) is 42.4 Å². The lowest BCUT2D eigenvalue weighted by Gasteiger charge is -2.27. The molecule has 1 aliphatic rings. The Labute approximate surface area is 158 Å². The van der Waals surface area contributed by atoms with Crippen LogP contribution < -0.4 is 9.62 Å². The minimum atomic E-state index is -3.44. The van der Waals surface area contributed by atoms with Crippen LogP contribution in [0.4, 0.5) is 5.82 Å². The lowest BCUT2D eigenvalue weighted by molar-refractivity contribution is 0.122. The number of fused-ring (bicyclic) bond motifs is 1. The van der Waals surface area contributed by atoms with E-state index in [1.807, 2.05) is 18.2 Å². The number of benzene rings is 2. The van der Waals surface area contributed by atoms with Crippen LogP contribution in [0.15, 0.2) is 53.6 Å². The Bertz CT molecular complexity index is 1060.